The minimum absolute atomic E-state index is 0.0153. The van der Waals surface area contributed by atoms with Crippen LogP contribution in [0.2, 0.25) is 0 Å². The number of carbonyl (C=O) groups is 4. The van der Waals surface area contributed by atoms with Crippen molar-refractivity contribution >= 4 is 34.9 Å². The highest BCUT2D eigenvalue weighted by Crippen LogP contribution is 2.21. The molecule has 0 radical (unpaired) electrons. The third kappa shape index (κ3) is 4.42. The summed E-state index contributed by atoms with van der Waals surface area (Å²) in [4.78, 5) is 70.5. The molecule has 31 heavy (non-hydrogen) atoms. The zero-order chi connectivity index (χ0) is 22.7. The monoisotopic (exact) mass is 426 g/mol. The maximum Gasteiger partial charge on any atom is 0.273 e. The van der Waals surface area contributed by atoms with E-state index in [0.29, 0.717) is 10.0 Å². The van der Waals surface area contributed by atoms with E-state index < -0.39 is 39.9 Å². The summed E-state index contributed by atoms with van der Waals surface area (Å²) in [6, 6.07) is 9.22. The average Bonchev–Trinajstić information content (AvgIpc) is 3.09. The Bertz CT molecular complexity index is 1100. The summed E-state index contributed by atoms with van der Waals surface area (Å²) in [7, 11) is 0. The van der Waals surface area contributed by atoms with Gasteiger partial charge in [0, 0.05) is 48.2 Å². The molecule has 0 spiro atoms. The Morgan fingerprint density at radius 2 is 1.45 bits per heavy atom. The van der Waals surface area contributed by atoms with Gasteiger partial charge in [0.1, 0.15) is 6.54 Å². The van der Waals surface area contributed by atoms with Crippen LogP contribution in [0.4, 0.5) is 11.4 Å². The lowest BCUT2D eigenvalue weighted by Gasteiger charge is -2.29. The average molecular weight is 426 g/mol. The van der Waals surface area contributed by atoms with Crippen molar-refractivity contribution < 1.29 is 29.0 Å². The van der Waals surface area contributed by atoms with Gasteiger partial charge in [-0.25, -0.2) is 5.01 Å². The van der Waals surface area contributed by atoms with Crippen LogP contribution in [0, 0.1) is 20.2 Å². The van der Waals surface area contributed by atoms with Gasteiger partial charge in [-0.1, -0.05) is 6.07 Å². The van der Waals surface area contributed by atoms with Crippen LogP contribution in [-0.4, -0.2) is 49.9 Å². The fraction of sp³-hybridized carbons (Fsp3) is 0.158. The topological polar surface area (TPSA) is 161 Å². The second-order valence-electron chi connectivity index (χ2n) is 6.50. The maximum atomic E-state index is 13.0. The van der Waals surface area contributed by atoms with Gasteiger partial charge in [0.2, 0.25) is 11.8 Å². The molecule has 158 valence electrons. The van der Waals surface area contributed by atoms with Crippen LogP contribution in [0.3, 0.4) is 0 Å². The normalized spacial score (nSPS) is 13.2. The number of nitro benzene ring substituents is 2. The molecule has 0 N–H and O–H groups in total. The first-order valence-electron chi connectivity index (χ1n) is 8.88. The number of non-ortho nitro benzene ring substituents is 2. The molecule has 0 saturated carbocycles. The first-order valence-corrected chi connectivity index (χ1v) is 8.88. The molecule has 0 aromatic heterocycles. The van der Waals surface area contributed by atoms with Gasteiger partial charge < -0.3 is 0 Å². The van der Waals surface area contributed by atoms with Crippen LogP contribution in [0.1, 0.15) is 33.6 Å². The summed E-state index contributed by atoms with van der Waals surface area (Å²) >= 11 is 0. The van der Waals surface area contributed by atoms with Crippen molar-refractivity contribution in [1.29, 1.82) is 0 Å². The van der Waals surface area contributed by atoms with Gasteiger partial charge >= 0.3 is 0 Å². The Morgan fingerprint density at radius 1 is 0.871 bits per heavy atom. The molecule has 12 heteroatoms. The van der Waals surface area contributed by atoms with Crippen LogP contribution < -0.4 is 0 Å². The lowest BCUT2D eigenvalue weighted by Crippen LogP contribution is -2.51. The first-order chi connectivity index (χ1) is 14.7. The quantitative estimate of drug-likeness (QED) is 0.281. The lowest BCUT2D eigenvalue weighted by atomic mass is 10.1. The zero-order valence-electron chi connectivity index (χ0n) is 15.8. The third-order valence-corrected chi connectivity index (χ3v) is 4.50. The maximum absolute atomic E-state index is 13.0. The number of nitro groups is 2. The predicted molar refractivity (Wildman–Crippen MR) is 103 cm³/mol. The van der Waals surface area contributed by atoms with E-state index in [4.69, 9.17) is 0 Å². The minimum Gasteiger partial charge on any atom is -0.292 e. The molecule has 0 unspecified atom stereocenters. The summed E-state index contributed by atoms with van der Waals surface area (Å²) < 4.78 is 0. The fourth-order valence-corrected chi connectivity index (χ4v) is 2.97. The molecule has 1 saturated heterocycles. The van der Waals surface area contributed by atoms with E-state index >= 15 is 0 Å². The Labute approximate surface area is 173 Å². The van der Waals surface area contributed by atoms with Crippen molar-refractivity contribution in [1.82, 2.24) is 10.0 Å². The molecule has 2 aromatic rings. The Kier molecular flexibility index (Phi) is 5.81. The van der Waals surface area contributed by atoms with Crippen molar-refractivity contribution in [3.63, 3.8) is 0 Å². The number of hydrogen-bond acceptors (Lipinski definition) is 8. The Hall–Kier alpha value is -4.48. The van der Waals surface area contributed by atoms with Gasteiger partial charge in [-0.15, -0.1) is 0 Å². The first kappa shape index (κ1) is 21.2. The van der Waals surface area contributed by atoms with Gasteiger partial charge in [0.05, 0.1) is 9.85 Å². The van der Waals surface area contributed by atoms with Gasteiger partial charge in [-0.2, -0.15) is 5.01 Å². The number of hydrogen-bond donors (Lipinski definition) is 0. The molecule has 1 fully saturated rings. The van der Waals surface area contributed by atoms with E-state index in [0.717, 1.165) is 24.3 Å². The minimum atomic E-state index is -0.956. The highest BCUT2D eigenvalue weighted by Gasteiger charge is 2.38. The molecule has 0 aliphatic carbocycles. The van der Waals surface area contributed by atoms with Gasteiger partial charge in [-0.3, -0.25) is 39.4 Å². The number of nitrogens with zero attached hydrogens (tertiary/aromatic N) is 4. The smallest absolute Gasteiger partial charge is 0.273 e. The highest BCUT2D eigenvalue weighted by molar-refractivity contribution is 6.08. The number of ketones is 1. The highest BCUT2D eigenvalue weighted by atomic mass is 16.6. The van der Waals surface area contributed by atoms with Crippen molar-refractivity contribution in [2.45, 2.75) is 12.8 Å². The number of rotatable bonds is 7. The van der Waals surface area contributed by atoms with E-state index in [1.54, 1.807) is 0 Å². The van der Waals surface area contributed by atoms with Crippen molar-refractivity contribution in [3.05, 3.63) is 79.9 Å². The van der Waals surface area contributed by atoms with Crippen molar-refractivity contribution in [2.75, 3.05) is 6.54 Å². The van der Waals surface area contributed by atoms with Crippen LogP contribution in [0.25, 0.3) is 0 Å². The molecule has 1 aliphatic heterocycles. The number of amides is 3. The molecule has 1 aliphatic rings. The number of Topliss-reactive ketones (excluding diaryl/α,β-unsaturated/α-hetero) is 1. The number of imide groups is 1. The second-order valence-corrected chi connectivity index (χ2v) is 6.50. The third-order valence-electron chi connectivity index (χ3n) is 4.50. The molecule has 3 rings (SSSR count). The molecule has 0 atom stereocenters. The van der Waals surface area contributed by atoms with Crippen LogP contribution in [0.15, 0.2) is 48.5 Å². The standard InChI is InChI=1S/C19H14N4O8/c24-16(12-4-6-14(7-5-12)22(28)29)11-20(21-17(25)8-9-18(21)26)19(27)13-2-1-3-15(10-13)23(30)31/h1-7,10H,8-9,11H2. The van der Waals surface area contributed by atoms with E-state index in [2.05, 4.69) is 0 Å². The van der Waals surface area contributed by atoms with Crippen LogP contribution >= 0.6 is 0 Å². The molecule has 1 heterocycles. The van der Waals surface area contributed by atoms with Gasteiger partial charge in [0.25, 0.3) is 17.3 Å². The zero-order valence-corrected chi connectivity index (χ0v) is 15.8. The molecular formula is C19H14N4O8. The number of hydrazine groups is 1. The van der Waals surface area contributed by atoms with Crippen molar-refractivity contribution in [2.24, 2.45) is 0 Å². The van der Waals surface area contributed by atoms with E-state index in [-0.39, 0.29) is 35.3 Å². The summed E-state index contributed by atoms with van der Waals surface area (Å²) in [5.74, 6) is -3.04. The molecule has 2 aromatic carbocycles. The van der Waals surface area contributed by atoms with E-state index in [1.807, 2.05) is 0 Å². The summed E-state index contributed by atoms with van der Waals surface area (Å²) in [5, 5.41) is 23.0. The summed E-state index contributed by atoms with van der Waals surface area (Å²) in [5.41, 5.74) is -0.808. The van der Waals surface area contributed by atoms with Crippen molar-refractivity contribution in [3.8, 4) is 0 Å². The predicted octanol–water partition coefficient (Wildman–Crippen LogP) is 1.89. The summed E-state index contributed by atoms with van der Waals surface area (Å²) in [6.45, 7) is -0.725. The summed E-state index contributed by atoms with van der Waals surface area (Å²) in [6.07, 6.45) is -0.299. The van der Waals surface area contributed by atoms with Crippen LogP contribution in [-0.2, 0) is 9.59 Å². The molecular weight excluding hydrogens is 412 g/mol. The largest absolute Gasteiger partial charge is 0.292 e. The fourth-order valence-electron chi connectivity index (χ4n) is 2.97. The molecule has 0 bridgehead atoms. The SMILES string of the molecule is O=C(CN(C(=O)c1cccc([N+](=O)[O-])c1)N1C(=O)CCC1=O)c1ccc([N+](=O)[O-])cc1. The van der Waals surface area contributed by atoms with Gasteiger partial charge in [0.15, 0.2) is 5.78 Å². The number of benzene rings is 2. The lowest BCUT2D eigenvalue weighted by molar-refractivity contribution is -0.385. The Balaban J connectivity index is 1.94. The molecule has 12 nitrogen and oxygen atoms in total. The Morgan fingerprint density at radius 3 is 2.00 bits per heavy atom. The van der Waals surface area contributed by atoms with Crippen LogP contribution in [0.5, 0.6) is 0 Å². The van der Waals surface area contributed by atoms with E-state index in [1.165, 1.54) is 24.3 Å². The number of carbonyl (C=O) groups excluding carboxylic acids is 4. The molecule has 3 amide bonds. The second kappa shape index (κ2) is 8.49. The van der Waals surface area contributed by atoms with E-state index in [9.17, 15) is 39.4 Å². The van der Waals surface area contributed by atoms with Gasteiger partial charge in [-0.05, 0) is 18.2 Å².